The molecule has 4 nitrogen and oxygen atoms in total. The van der Waals surface area contributed by atoms with E-state index in [2.05, 4.69) is 5.32 Å². The van der Waals surface area contributed by atoms with Gasteiger partial charge in [-0.25, -0.2) is 0 Å². The van der Waals surface area contributed by atoms with Crippen molar-refractivity contribution in [2.24, 2.45) is 0 Å². The summed E-state index contributed by atoms with van der Waals surface area (Å²) in [6.45, 7) is 0.340. The van der Waals surface area contributed by atoms with Gasteiger partial charge in [0.2, 0.25) is 0 Å². The summed E-state index contributed by atoms with van der Waals surface area (Å²) in [6.07, 6.45) is 4.44. The Morgan fingerprint density at radius 1 is 0.844 bits per heavy atom. The zero-order valence-corrected chi connectivity index (χ0v) is 19.1. The van der Waals surface area contributed by atoms with Crippen LogP contribution in [-0.4, -0.2) is 11.6 Å². The average molecular weight is 468 g/mol. The van der Waals surface area contributed by atoms with Crippen molar-refractivity contribution >= 4 is 34.8 Å². The third kappa shape index (κ3) is 3.98. The largest absolute Gasteiger partial charge is 0.489 e. The summed E-state index contributed by atoms with van der Waals surface area (Å²) < 4.78 is 6.02. The molecule has 0 radical (unpaired) electrons. The SMILES string of the molecule is O=C1CCCC2=C1C(c1cccc(OCc3ccc(Cl)c(Cl)c3)c1)C1=C(CCCC1=O)N2. The van der Waals surface area contributed by atoms with E-state index in [1.807, 2.05) is 30.3 Å². The van der Waals surface area contributed by atoms with Crippen molar-refractivity contribution in [3.05, 3.63) is 86.2 Å². The Hall–Kier alpha value is -2.56. The smallest absolute Gasteiger partial charge is 0.161 e. The van der Waals surface area contributed by atoms with Crippen LogP contribution in [0.25, 0.3) is 0 Å². The molecule has 5 rings (SSSR count). The minimum absolute atomic E-state index is 0.135. The van der Waals surface area contributed by atoms with E-state index in [1.54, 1.807) is 12.1 Å². The van der Waals surface area contributed by atoms with Gasteiger partial charge in [-0.05, 0) is 61.1 Å². The number of halogens is 2. The van der Waals surface area contributed by atoms with Crippen LogP contribution in [0.4, 0.5) is 0 Å². The molecule has 0 spiro atoms. The van der Waals surface area contributed by atoms with Crippen molar-refractivity contribution in [2.75, 3.05) is 0 Å². The van der Waals surface area contributed by atoms with Gasteiger partial charge in [0, 0.05) is 41.3 Å². The monoisotopic (exact) mass is 467 g/mol. The Labute approximate surface area is 197 Å². The molecule has 6 heteroatoms. The number of allylic oxidation sites excluding steroid dienone is 4. The Morgan fingerprint density at radius 3 is 2.19 bits per heavy atom. The van der Waals surface area contributed by atoms with E-state index in [4.69, 9.17) is 27.9 Å². The van der Waals surface area contributed by atoms with E-state index in [1.165, 1.54) is 0 Å². The van der Waals surface area contributed by atoms with Gasteiger partial charge in [-0.15, -0.1) is 0 Å². The lowest BCUT2D eigenvalue weighted by molar-refractivity contribution is -0.116. The van der Waals surface area contributed by atoms with Gasteiger partial charge in [0.05, 0.1) is 10.0 Å². The molecular formula is C26H23Cl2NO3. The lowest BCUT2D eigenvalue weighted by Crippen LogP contribution is -2.36. The van der Waals surface area contributed by atoms with E-state index in [0.717, 1.165) is 59.4 Å². The summed E-state index contributed by atoms with van der Waals surface area (Å²) in [5.74, 6) is 0.630. The predicted molar refractivity (Wildman–Crippen MR) is 125 cm³/mol. The van der Waals surface area contributed by atoms with Crippen molar-refractivity contribution in [2.45, 2.75) is 51.0 Å². The quantitative estimate of drug-likeness (QED) is 0.575. The molecule has 0 amide bonds. The molecule has 0 atom stereocenters. The lowest BCUT2D eigenvalue weighted by Gasteiger charge is -2.37. The second kappa shape index (κ2) is 8.76. The first-order valence-electron chi connectivity index (χ1n) is 11.0. The Bertz CT molecular complexity index is 1140. The number of benzene rings is 2. The van der Waals surface area contributed by atoms with Crippen molar-refractivity contribution in [3.63, 3.8) is 0 Å². The van der Waals surface area contributed by atoms with E-state index < -0.39 is 0 Å². The van der Waals surface area contributed by atoms with Gasteiger partial charge in [-0.1, -0.05) is 41.4 Å². The maximum atomic E-state index is 13.0. The molecule has 0 unspecified atom stereocenters. The first kappa shape index (κ1) is 21.3. The molecule has 0 saturated heterocycles. The van der Waals surface area contributed by atoms with Gasteiger partial charge < -0.3 is 10.1 Å². The van der Waals surface area contributed by atoms with Crippen molar-refractivity contribution < 1.29 is 14.3 Å². The number of nitrogens with one attached hydrogen (secondary N) is 1. The number of ether oxygens (including phenoxy) is 1. The molecule has 2 aromatic rings. The van der Waals surface area contributed by atoms with Crippen molar-refractivity contribution in [1.82, 2.24) is 5.32 Å². The predicted octanol–water partition coefficient (Wildman–Crippen LogP) is 6.27. The molecular weight excluding hydrogens is 445 g/mol. The van der Waals surface area contributed by atoms with Crippen LogP contribution in [0.15, 0.2) is 65.0 Å². The van der Waals surface area contributed by atoms with Crippen LogP contribution in [0.2, 0.25) is 10.0 Å². The Balaban J connectivity index is 1.49. The van der Waals surface area contributed by atoms with Crippen LogP contribution in [0.5, 0.6) is 5.75 Å². The van der Waals surface area contributed by atoms with Crippen LogP contribution in [-0.2, 0) is 16.2 Å². The molecule has 1 N–H and O–H groups in total. The Kier molecular flexibility index (Phi) is 5.83. The second-order valence-electron chi connectivity index (χ2n) is 8.51. The zero-order chi connectivity index (χ0) is 22.2. The molecule has 1 heterocycles. The number of hydrogen-bond acceptors (Lipinski definition) is 4. The molecule has 0 aromatic heterocycles. The molecule has 0 fully saturated rings. The van der Waals surface area contributed by atoms with Crippen molar-refractivity contribution in [1.29, 1.82) is 0 Å². The highest BCUT2D eigenvalue weighted by atomic mass is 35.5. The van der Waals surface area contributed by atoms with Gasteiger partial charge >= 0.3 is 0 Å². The number of carbonyl (C=O) groups is 2. The third-order valence-electron chi connectivity index (χ3n) is 6.37. The van der Waals surface area contributed by atoms with E-state index in [-0.39, 0.29) is 17.5 Å². The van der Waals surface area contributed by atoms with Crippen molar-refractivity contribution in [3.8, 4) is 5.75 Å². The zero-order valence-electron chi connectivity index (χ0n) is 17.5. The minimum atomic E-state index is -0.324. The van der Waals surface area contributed by atoms with Crippen LogP contribution < -0.4 is 10.1 Å². The van der Waals surface area contributed by atoms with Gasteiger partial charge in [-0.2, -0.15) is 0 Å². The van der Waals surface area contributed by atoms with E-state index in [0.29, 0.717) is 35.2 Å². The molecule has 0 saturated carbocycles. The molecule has 2 aromatic carbocycles. The molecule has 0 bridgehead atoms. The maximum absolute atomic E-state index is 13.0. The number of hydrogen-bond donors (Lipinski definition) is 1. The second-order valence-corrected chi connectivity index (χ2v) is 9.32. The summed E-state index contributed by atoms with van der Waals surface area (Å²) in [5.41, 5.74) is 5.32. The number of dihydropyridines is 1. The highest BCUT2D eigenvalue weighted by Crippen LogP contribution is 2.45. The average Bonchev–Trinajstić information content (AvgIpc) is 2.79. The third-order valence-corrected chi connectivity index (χ3v) is 7.11. The van der Waals surface area contributed by atoms with Gasteiger partial charge in [0.1, 0.15) is 12.4 Å². The molecule has 2 aliphatic carbocycles. The fourth-order valence-corrected chi connectivity index (χ4v) is 5.22. The van der Waals surface area contributed by atoms with Crippen LogP contribution >= 0.6 is 23.2 Å². The summed E-state index contributed by atoms with van der Waals surface area (Å²) >= 11 is 12.1. The molecule has 1 aliphatic heterocycles. The maximum Gasteiger partial charge on any atom is 0.161 e. The topological polar surface area (TPSA) is 55.4 Å². The highest BCUT2D eigenvalue weighted by molar-refractivity contribution is 6.42. The summed E-state index contributed by atoms with van der Waals surface area (Å²) in [6, 6.07) is 13.2. The first-order valence-corrected chi connectivity index (χ1v) is 11.7. The molecule has 164 valence electrons. The number of carbonyl (C=O) groups excluding carboxylic acids is 2. The standard InChI is InChI=1S/C26H23Cl2NO3/c27-18-11-10-15(12-19(18)28)14-32-17-5-1-4-16(13-17)24-25-20(6-2-8-22(25)30)29-21-7-3-9-23(31)26(21)24/h1,4-5,10-13,24,29H,2-3,6-9,14H2. The van der Waals surface area contributed by atoms with Gasteiger partial charge in [0.15, 0.2) is 11.6 Å². The molecule has 32 heavy (non-hydrogen) atoms. The van der Waals surface area contributed by atoms with Crippen LogP contribution in [0.3, 0.4) is 0 Å². The normalized spacial score (nSPS) is 18.9. The summed E-state index contributed by atoms with van der Waals surface area (Å²) in [7, 11) is 0. The van der Waals surface area contributed by atoms with Gasteiger partial charge in [0.25, 0.3) is 0 Å². The Morgan fingerprint density at radius 2 is 1.53 bits per heavy atom. The number of rotatable bonds is 4. The van der Waals surface area contributed by atoms with E-state index >= 15 is 0 Å². The summed E-state index contributed by atoms with van der Waals surface area (Å²) in [5, 5.41) is 4.45. The minimum Gasteiger partial charge on any atom is -0.489 e. The van der Waals surface area contributed by atoms with Crippen LogP contribution in [0, 0.1) is 0 Å². The van der Waals surface area contributed by atoms with Crippen LogP contribution in [0.1, 0.15) is 55.6 Å². The highest BCUT2D eigenvalue weighted by Gasteiger charge is 2.40. The van der Waals surface area contributed by atoms with E-state index in [9.17, 15) is 9.59 Å². The first-order chi connectivity index (χ1) is 15.5. The lowest BCUT2D eigenvalue weighted by atomic mass is 9.71. The van der Waals surface area contributed by atoms with Gasteiger partial charge in [-0.3, -0.25) is 9.59 Å². The fraction of sp³-hybridized carbons (Fsp3) is 0.308. The fourth-order valence-electron chi connectivity index (χ4n) is 4.90. The number of Topliss-reactive ketones (excluding diaryl/α,β-unsaturated/α-hetero) is 2. The number of ketones is 2. The summed E-state index contributed by atoms with van der Waals surface area (Å²) in [4.78, 5) is 25.9. The molecule has 3 aliphatic rings.